The molecule has 96 valence electrons. The summed E-state index contributed by atoms with van der Waals surface area (Å²) in [6.45, 7) is 0.719. The number of aryl methyl sites for hydroxylation is 1. The number of benzene rings is 1. The molecule has 0 aliphatic carbocycles. The molecule has 0 saturated carbocycles. The van der Waals surface area contributed by atoms with Gasteiger partial charge in [-0.05, 0) is 28.6 Å². The highest BCUT2D eigenvalue weighted by molar-refractivity contribution is 5.62. The molecule has 0 spiro atoms. The summed E-state index contributed by atoms with van der Waals surface area (Å²) in [5.41, 5.74) is 3.09. The molecule has 0 fully saturated rings. The molecule has 0 radical (unpaired) electrons. The molecule has 19 heavy (non-hydrogen) atoms. The Kier molecular flexibility index (Phi) is 2.97. The summed E-state index contributed by atoms with van der Waals surface area (Å²) in [6.07, 6.45) is 3.39. The van der Waals surface area contributed by atoms with Crippen LogP contribution in [0.15, 0.2) is 47.3 Å². The van der Waals surface area contributed by atoms with Crippen molar-refractivity contribution in [2.75, 3.05) is 5.32 Å². The molecule has 2 heterocycles. The van der Waals surface area contributed by atoms with E-state index in [-0.39, 0.29) is 0 Å². The average molecular weight is 255 g/mol. The van der Waals surface area contributed by atoms with Gasteiger partial charge in [0.15, 0.2) is 5.82 Å². The fourth-order valence-electron chi connectivity index (χ4n) is 1.84. The first-order valence-electron chi connectivity index (χ1n) is 5.90. The lowest BCUT2D eigenvalue weighted by Gasteiger charge is -2.06. The molecule has 3 rings (SSSR count). The van der Waals surface area contributed by atoms with E-state index in [2.05, 4.69) is 20.8 Å². The number of furan rings is 1. The Labute approximate surface area is 110 Å². The van der Waals surface area contributed by atoms with Gasteiger partial charge in [0, 0.05) is 30.4 Å². The van der Waals surface area contributed by atoms with Crippen LogP contribution in [-0.2, 0) is 13.6 Å². The highest BCUT2D eigenvalue weighted by atomic mass is 16.3. The van der Waals surface area contributed by atoms with Crippen LogP contribution >= 0.6 is 0 Å². The quantitative estimate of drug-likeness (QED) is 0.773. The summed E-state index contributed by atoms with van der Waals surface area (Å²) < 4.78 is 6.68. The van der Waals surface area contributed by atoms with E-state index < -0.39 is 0 Å². The lowest BCUT2D eigenvalue weighted by molar-refractivity contribution is 0.564. The summed E-state index contributed by atoms with van der Waals surface area (Å²) in [7, 11) is 1.82. The Morgan fingerprint density at radius 2 is 2.26 bits per heavy atom. The number of hydrogen-bond donors (Lipinski definition) is 1. The van der Waals surface area contributed by atoms with Crippen LogP contribution in [-0.4, -0.2) is 20.2 Å². The minimum atomic E-state index is 0.719. The van der Waals surface area contributed by atoms with Crippen molar-refractivity contribution in [1.82, 2.24) is 20.2 Å². The third kappa shape index (κ3) is 2.47. The predicted molar refractivity (Wildman–Crippen MR) is 70.3 cm³/mol. The molecule has 0 unspecified atom stereocenters. The van der Waals surface area contributed by atoms with E-state index in [1.54, 1.807) is 17.2 Å². The van der Waals surface area contributed by atoms with Crippen molar-refractivity contribution in [2.45, 2.75) is 6.54 Å². The van der Waals surface area contributed by atoms with Gasteiger partial charge in [-0.25, -0.2) is 4.68 Å². The number of aromatic nitrogens is 4. The van der Waals surface area contributed by atoms with Crippen LogP contribution in [0, 0.1) is 0 Å². The van der Waals surface area contributed by atoms with Gasteiger partial charge in [0.25, 0.3) is 0 Å². The number of nitrogens with zero attached hydrogens (tertiary/aromatic N) is 4. The van der Waals surface area contributed by atoms with Gasteiger partial charge in [-0.15, -0.1) is 5.10 Å². The molecule has 0 amide bonds. The van der Waals surface area contributed by atoms with Crippen LogP contribution in [0.25, 0.3) is 11.4 Å². The molecule has 6 nitrogen and oxygen atoms in total. The van der Waals surface area contributed by atoms with E-state index in [4.69, 9.17) is 4.42 Å². The molecule has 1 N–H and O–H groups in total. The minimum absolute atomic E-state index is 0.719. The van der Waals surface area contributed by atoms with Crippen molar-refractivity contribution in [3.63, 3.8) is 0 Å². The predicted octanol–water partition coefficient (Wildman–Crippen LogP) is 2.08. The molecule has 1 aromatic carbocycles. The molecule has 0 saturated heterocycles. The lowest BCUT2D eigenvalue weighted by Crippen LogP contribution is -1.99. The second-order valence-corrected chi connectivity index (χ2v) is 4.19. The molecule has 0 aliphatic heterocycles. The number of rotatable bonds is 4. The van der Waals surface area contributed by atoms with Gasteiger partial charge in [0.1, 0.15) is 0 Å². The van der Waals surface area contributed by atoms with E-state index in [0.29, 0.717) is 0 Å². The van der Waals surface area contributed by atoms with Crippen LogP contribution in [0.5, 0.6) is 0 Å². The fraction of sp³-hybridized carbons (Fsp3) is 0.154. The van der Waals surface area contributed by atoms with Gasteiger partial charge in [-0.3, -0.25) is 0 Å². The van der Waals surface area contributed by atoms with E-state index in [9.17, 15) is 0 Å². The van der Waals surface area contributed by atoms with E-state index in [0.717, 1.165) is 29.2 Å². The second kappa shape index (κ2) is 4.93. The Hall–Kier alpha value is -2.63. The maximum Gasteiger partial charge on any atom is 0.181 e. The van der Waals surface area contributed by atoms with Gasteiger partial charge < -0.3 is 9.73 Å². The normalized spacial score (nSPS) is 10.6. The van der Waals surface area contributed by atoms with Gasteiger partial charge in [0.05, 0.1) is 12.5 Å². The smallest absolute Gasteiger partial charge is 0.181 e. The molecule has 0 aliphatic rings. The first kappa shape index (κ1) is 11.5. The zero-order chi connectivity index (χ0) is 13.1. The van der Waals surface area contributed by atoms with Crippen LogP contribution < -0.4 is 5.32 Å². The molecule has 0 atom stereocenters. The first-order chi connectivity index (χ1) is 9.33. The Morgan fingerprint density at radius 1 is 1.32 bits per heavy atom. The minimum Gasteiger partial charge on any atom is -0.472 e. The third-order valence-electron chi connectivity index (χ3n) is 2.82. The van der Waals surface area contributed by atoms with Gasteiger partial charge in [-0.2, -0.15) is 0 Å². The first-order valence-corrected chi connectivity index (χ1v) is 5.90. The standard InChI is InChI=1S/C13H13N5O/c1-18-13(15-16-17-18)11-3-2-4-12(7-11)14-8-10-5-6-19-9-10/h2-7,9,14H,8H2,1H3. The monoisotopic (exact) mass is 255 g/mol. The Balaban J connectivity index is 1.78. The van der Waals surface area contributed by atoms with E-state index >= 15 is 0 Å². The SMILES string of the molecule is Cn1nnnc1-c1cccc(NCc2ccoc2)c1. The van der Waals surface area contributed by atoms with Crippen LogP contribution in [0.4, 0.5) is 5.69 Å². The van der Waals surface area contributed by atoms with Crippen LogP contribution in [0.2, 0.25) is 0 Å². The molecule has 0 bridgehead atoms. The van der Waals surface area contributed by atoms with Crippen molar-refractivity contribution in [1.29, 1.82) is 0 Å². The van der Waals surface area contributed by atoms with Crippen molar-refractivity contribution in [3.8, 4) is 11.4 Å². The van der Waals surface area contributed by atoms with Gasteiger partial charge >= 0.3 is 0 Å². The Bertz CT molecular complexity index is 659. The number of hydrogen-bond acceptors (Lipinski definition) is 5. The number of anilines is 1. The zero-order valence-electron chi connectivity index (χ0n) is 10.4. The highest BCUT2D eigenvalue weighted by Gasteiger charge is 2.06. The summed E-state index contributed by atoms with van der Waals surface area (Å²) in [5, 5.41) is 14.8. The van der Waals surface area contributed by atoms with Crippen molar-refractivity contribution >= 4 is 5.69 Å². The van der Waals surface area contributed by atoms with Crippen LogP contribution in [0.3, 0.4) is 0 Å². The fourth-order valence-corrected chi connectivity index (χ4v) is 1.84. The van der Waals surface area contributed by atoms with Crippen LogP contribution in [0.1, 0.15) is 5.56 Å². The molecular formula is C13H13N5O. The maximum absolute atomic E-state index is 5.03. The topological polar surface area (TPSA) is 68.8 Å². The van der Waals surface area contributed by atoms with Crippen molar-refractivity contribution in [2.24, 2.45) is 7.05 Å². The van der Waals surface area contributed by atoms with Gasteiger partial charge in [0.2, 0.25) is 0 Å². The molecule has 2 aromatic heterocycles. The molecule has 6 heteroatoms. The Morgan fingerprint density at radius 3 is 3.00 bits per heavy atom. The largest absolute Gasteiger partial charge is 0.472 e. The highest BCUT2D eigenvalue weighted by Crippen LogP contribution is 2.20. The van der Waals surface area contributed by atoms with Crippen molar-refractivity contribution < 1.29 is 4.42 Å². The third-order valence-corrected chi connectivity index (χ3v) is 2.82. The maximum atomic E-state index is 5.03. The van der Waals surface area contributed by atoms with E-state index in [1.807, 2.05) is 37.4 Å². The van der Waals surface area contributed by atoms with Crippen molar-refractivity contribution in [3.05, 3.63) is 48.4 Å². The molecular weight excluding hydrogens is 242 g/mol. The summed E-state index contributed by atoms with van der Waals surface area (Å²) in [6, 6.07) is 9.92. The summed E-state index contributed by atoms with van der Waals surface area (Å²) >= 11 is 0. The summed E-state index contributed by atoms with van der Waals surface area (Å²) in [4.78, 5) is 0. The average Bonchev–Trinajstić information content (AvgIpc) is 3.08. The number of nitrogens with one attached hydrogen (secondary N) is 1. The lowest BCUT2D eigenvalue weighted by atomic mass is 10.2. The van der Waals surface area contributed by atoms with E-state index in [1.165, 1.54) is 0 Å². The number of tetrazole rings is 1. The second-order valence-electron chi connectivity index (χ2n) is 4.19. The zero-order valence-corrected chi connectivity index (χ0v) is 10.4. The molecule has 3 aromatic rings. The summed E-state index contributed by atoms with van der Waals surface area (Å²) in [5.74, 6) is 0.743. The van der Waals surface area contributed by atoms with Gasteiger partial charge in [-0.1, -0.05) is 12.1 Å².